The van der Waals surface area contributed by atoms with Crippen LogP contribution in [0.1, 0.15) is 47.8 Å². The van der Waals surface area contributed by atoms with Gasteiger partial charge in [-0.05, 0) is 56.8 Å². The normalized spacial score (nSPS) is 15.5. The molecule has 8 nitrogen and oxygen atoms in total. The Morgan fingerprint density at radius 2 is 1.87 bits per heavy atom. The zero-order valence-electron chi connectivity index (χ0n) is 18.6. The number of carbonyl (C=O) groups excluding carboxylic acids is 1. The molecular weight excluding hydrogens is 390 g/mol. The number of fused-ring (bicyclic) bond motifs is 1. The number of piperidine rings is 1. The Morgan fingerprint density at radius 3 is 2.61 bits per heavy atom. The predicted molar refractivity (Wildman–Crippen MR) is 120 cm³/mol. The smallest absolute Gasteiger partial charge is 0.254 e. The molecule has 0 radical (unpaired) electrons. The van der Waals surface area contributed by atoms with Crippen molar-refractivity contribution in [2.75, 3.05) is 18.8 Å². The number of nitrogens with two attached hydrogens (primary N) is 1. The Kier molecular flexibility index (Phi) is 6.18. The lowest BCUT2D eigenvalue weighted by atomic mass is 9.98. The standard InChI is InChI=1S/C23H31N7O/c1-15-8-10-29(11-9-15)14-19-7-5-4-6-18(19)13-25-21(31)12-20-16(2)26-23-27-22(24)28-30(23)17(20)3/h4-7,15H,8-14H2,1-3H3,(H2,24,28)(H,25,31). The van der Waals surface area contributed by atoms with Crippen molar-refractivity contribution in [2.45, 2.75) is 53.1 Å². The maximum absolute atomic E-state index is 12.7. The van der Waals surface area contributed by atoms with Gasteiger partial charge in [0.2, 0.25) is 11.9 Å². The fourth-order valence-corrected chi connectivity index (χ4v) is 4.24. The number of aryl methyl sites for hydroxylation is 2. The number of benzene rings is 1. The molecule has 1 aromatic carbocycles. The number of likely N-dealkylation sites (tertiary alicyclic amines) is 1. The second kappa shape index (κ2) is 9.01. The SMILES string of the molecule is Cc1nc2nc(N)nn2c(C)c1CC(=O)NCc1ccccc1CN1CCC(C)CC1. The monoisotopic (exact) mass is 421 g/mol. The minimum atomic E-state index is -0.0398. The van der Waals surface area contributed by atoms with Crippen LogP contribution in [0.3, 0.4) is 0 Å². The van der Waals surface area contributed by atoms with Crippen molar-refractivity contribution in [2.24, 2.45) is 5.92 Å². The van der Waals surface area contributed by atoms with E-state index < -0.39 is 0 Å². The van der Waals surface area contributed by atoms with Crippen LogP contribution in [0.5, 0.6) is 0 Å². The van der Waals surface area contributed by atoms with Crippen molar-refractivity contribution in [1.29, 1.82) is 0 Å². The van der Waals surface area contributed by atoms with Gasteiger partial charge in [-0.25, -0.2) is 4.98 Å². The number of hydrogen-bond acceptors (Lipinski definition) is 6. The van der Waals surface area contributed by atoms with E-state index in [1.165, 1.54) is 24.0 Å². The van der Waals surface area contributed by atoms with Gasteiger partial charge >= 0.3 is 0 Å². The van der Waals surface area contributed by atoms with E-state index in [2.05, 4.69) is 50.4 Å². The Morgan fingerprint density at radius 1 is 1.16 bits per heavy atom. The maximum atomic E-state index is 12.7. The van der Waals surface area contributed by atoms with Gasteiger partial charge in [0.15, 0.2) is 0 Å². The fraction of sp³-hybridized carbons (Fsp3) is 0.478. The van der Waals surface area contributed by atoms with Crippen LogP contribution in [0, 0.1) is 19.8 Å². The second-order valence-electron chi connectivity index (χ2n) is 8.62. The van der Waals surface area contributed by atoms with E-state index in [1.54, 1.807) is 4.52 Å². The number of rotatable bonds is 6. The molecule has 31 heavy (non-hydrogen) atoms. The molecule has 0 atom stereocenters. The Labute approximate surface area is 182 Å². The van der Waals surface area contributed by atoms with Crippen LogP contribution in [0.25, 0.3) is 5.78 Å². The molecule has 2 aromatic heterocycles. The summed E-state index contributed by atoms with van der Waals surface area (Å²) >= 11 is 0. The lowest BCUT2D eigenvalue weighted by molar-refractivity contribution is -0.120. The van der Waals surface area contributed by atoms with Crippen LogP contribution >= 0.6 is 0 Å². The summed E-state index contributed by atoms with van der Waals surface area (Å²) in [5, 5.41) is 7.26. The van der Waals surface area contributed by atoms with Crippen molar-refractivity contribution < 1.29 is 4.79 Å². The summed E-state index contributed by atoms with van der Waals surface area (Å²) in [5.74, 6) is 1.41. The largest absolute Gasteiger partial charge is 0.366 e. The Balaban J connectivity index is 1.41. The van der Waals surface area contributed by atoms with Crippen molar-refractivity contribution in [3.8, 4) is 0 Å². The van der Waals surface area contributed by atoms with Gasteiger partial charge in [0.25, 0.3) is 5.78 Å². The fourth-order valence-electron chi connectivity index (χ4n) is 4.24. The molecule has 8 heteroatoms. The zero-order chi connectivity index (χ0) is 22.0. The molecule has 3 N–H and O–H groups in total. The first-order chi connectivity index (χ1) is 14.9. The topological polar surface area (TPSA) is 101 Å². The number of carbonyl (C=O) groups is 1. The van der Waals surface area contributed by atoms with Crippen LogP contribution in [0.4, 0.5) is 5.95 Å². The average molecular weight is 422 g/mol. The number of anilines is 1. The molecule has 0 saturated carbocycles. The van der Waals surface area contributed by atoms with Crippen LogP contribution in [-0.4, -0.2) is 43.5 Å². The number of hydrogen-bond donors (Lipinski definition) is 2. The van der Waals surface area contributed by atoms with E-state index in [-0.39, 0.29) is 18.3 Å². The van der Waals surface area contributed by atoms with E-state index in [4.69, 9.17) is 5.73 Å². The molecule has 0 bridgehead atoms. The zero-order valence-corrected chi connectivity index (χ0v) is 18.6. The van der Waals surface area contributed by atoms with E-state index in [0.29, 0.717) is 12.3 Å². The van der Waals surface area contributed by atoms with Gasteiger partial charge < -0.3 is 11.1 Å². The Bertz CT molecular complexity index is 1080. The summed E-state index contributed by atoms with van der Waals surface area (Å²) in [7, 11) is 0. The van der Waals surface area contributed by atoms with E-state index in [0.717, 1.165) is 42.5 Å². The highest BCUT2D eigenvalue weighted by Crippen LogP contribution is 2.20. The molecule has 3 aromatic rings. The van der Waals surface area contributed by atoms with E-state index in [1.807, 2.05) is 19.9 Å². The Hall–Kier alpha value is -3.00. The van der Waals surface area contributed by atoms with Gasteiger partial charge in [0.1, 0.15) is 0 Å². The van der Waals surface area contributed by atoms with Gasteiger partial charge in [-0.15, -0.1) is 5.10 Å². The molecular formula is C23H31N7O. The molecule has 0 spiro atoms. The number of nitrogens with zero attached hydrogens (tertiary/aromatic N) is 5. The third-order valence-corrected chi connectivity index (χ3v) is 6.27. The number of amides is 1. The van der Waals surface area contributed by atoms with Crippen molar-refractivity contribution in [3.63, 3.8) is 0 Å². The first kappa shape index (κ1) is 21.2. The summed E-state index contributed by atoms with van der Waals surface area (Å²) in [6.45, 7) is 9.86. The van der Waals surface area contributed by atoms with Gasteiger partial charge in [-0.3, -0.25) is 9.69 Å². The number of nitrogens with one attached hydrogen (secondary N) is 1. The summed E-state index contributed by atoms with van der Waals surface area (Å²) in [6, 6.07) is 8.38. The molecule has 1 aliphatic rings. The summed E-state index contributed by atoms with van der Waals surface area (Å²) in [5.41, 5.74) is 10.6. The maximum Gasteiger partial charge on any atom is 0.254 e. The lowest BCUT2D eigenvalue weighted by Crippen LogP contribution is -2.33. The van der Waals surface area contributed by atoms with E-state index >= 15 is 0 Å². The van der Waals surface area contributed by atoms with Gasteiger partial charge in [0, 0.05) is 30.0 Å². The van der Waals surface area contributed by atoms with Crippen molar-refractivity contribution in [1.82, 2.24) is 29.8 Å². The van der Waals surface area contributed by atoms with E-state index in [9.17, 15) is 4.79 Å². The second-order valence-corrected chi connectivity index (χ2v) is 8.62. The summed E-state index contributed by atoms with van der Waals surface area (Å²) < 4.78 is 1.60. The van der Waals surface area contributed by atoms with Gasteiger partial charge in [-0.2, -0.15) is 9.50 Å². The molecule has 164 valence electrons. The molecule has 3 heterocycles. The lowest BCUT2D eigenvalue weighted by Gasteiger charge is -2.30. The van der Waals surface area contributed by atoms with Crippen LogP contribution < -0.4 is 11.1 Å². The number of aromatic nitrogens is 4. The van der Waals surface area contributed by atoms with Crippen LogP contribution in [-0.2, 0) is 24.3 Å². The minimum Gasteiger partial charge on any atom is -0.366 e. The quantitative estimate of drug-likeness (QED) is 0.634. The van der Waals surface area contributed by atoms with Crippen molar-refractivity contribution >= 4 is 17.6 Å². The first-order valence-electron chi connectivity index (χ1n) is 10.9. The van der Waals surface area contributed by atoms with Gasteiger partial charge in [0.05, 0.1) is 6.42 Å². The van der Waals surface area contributed by atoms with Crippen molar-refractivity contribution in [3.05, 3.63) is 52.3 Å². The molecule has 0 aliphatic carbocycles. The van der Waals surface area contributed by atoms with Crippen LogP contribution in [0.2, 0.25) is 0 Å². The molecule has 4 rings (SSSR count). The molecule has 1 aliphatic heterocycles. The van der Waals surface area contributed by atoms with Crippen LogP contribution in [0.15, 0.2) is 24.3 Å². The predicted octanol–water partition coefficient (Wildman–Crippen LogP) is 2.41. The molecule has 1 saturated heterocycles. The van der Waals surface area contributed by atoms with Gasteiger partial charge in [-0.1, -0.05) is 31.2 Å². The molecule has 0 unspecified atom stereocenters. The average Bonchev–Trinajstić information content (AvgIpc) is 3.12. The highest BCUT2D eigenvalue weighted by molar-refractivity contribution is 5.79. The third-order valence-electron chi connectivity index (χ3n) is 6.27. The molecule has 1 amide bonds. The summed E-state index contributed by atoms with van der Waals surface area (Å²) in [6.07, 6.45) is 2.76. The molecule has 1 fully saturated rings. The minimum absolute atomic E-state index is 0.0398. The summed E-state index contributed by atoms with van der Waals surface area (Å²) in [4.78, 5) is 23.8. The highest BCUT2D eigenvalue weighted by atomic mass is 16.1. The first-order valence-corrected chi connectivity index (χ1v) is 10.9. The third kappa shape index (κ3) is 4.85. The highest BCUT2D eigenvalue weighted by Gasteiger charge is 2.18. The number of nitrogen functional groups attached to an aromatic ring is 1.